The molecule has 0 heterocycles. The van der Waals surface area contributed by atoms with Crippen LogP contribution in [0.2, 0.25) is 0 Å². The van der Waals surface area contributed by atoms with Gasteiger partial charge in [0.25, 0.3) is 0 Å². The number of thioether (sulfide) groups is 1. The molecule has 0 aromatic carbocycles. The third kappa shape index (κ3) is 6.21. The normalized spacial score (nSPS) is 9.64. The molecule has 3 nitrogen and oxygen atoms in total. The molecule has 0 radical (unpaired) electrons. The smallest absolute Gasteiger partial charge is 0.302 e. The lowest BCUT2D eigenvalue weighted by Crippen LogP contribution is -2.27. The van der Waals surface area contributed by atoms with Crippen molar-refractivity contribution in [3.63, 3.8) is 0 Å². The van der Waals surface area contributed by atoms with Crippen molar-refractivity contribution < 1.29 is 9.53 Å². The van der Waals surface area contributed by atoms with Gasteiger partial charge in [0, 0.05) is 25.8 Å². The molecule has 82 valence electrons. The van der Waals surface area contributed by atoms with E-state index in [-0.39, 0.29) is 5.97 Å². The Morgan fingerprint density at radius 1 is 1.43 bits per heavy atom. The maximum absolute atomic E-state index is 10.5. The van der Waals surface area contributed by atoms with Gasteiger partial charge >= 0.3 is 5.97 Å². The Labute approximate surface area is 95.2 Å². The fourth-order valence-corrected chi connectivity index (χ4v) is 2.18. The van der Waals surface area contributed by atoms with Gasteiger partial charge in [-0.05, 0) is 13.8 Å². The molecule has 0 saturated heterocycles. The van der Waals surface area contributed by atoms with E-state index in [9.17, 15) is 4.79 Å². The first-order valence-electron chi connectivity index (χ1n) is 4.66. The van der Waals surface area contributed by atoms with Gasteiger partial charge in [-0.1, -0.05) is 24.0 Å². The van der Waals surface area contributed by atoms with Crippen molar-refractivity contribution in [2.75, 3.05) is 25.4 Å². The summed E-state index contributed by atoms with van der Waals surface area (Å²) in [5.41, 5.74) is 0. The number of esters is 1. The summed E-state index contributed by atoms with van der Waals surface area (Å²) in [7, 11) is 0. The molecule has 5 heteroatoms. The van der Waals surface area contributed by atoms with E-state index >= 15 is 0 Å². The van der Waals surface area contributed by atoms with Crippen molar-refractivity contribution in [2.24, 2.45) is 0 Å². The predicted molar refractivity (Wildman–Crippen MR) is 64.6 cm³/mol. The van der Waals surface area contributed by atoms with Crippen LogP contribution in [0.3, 0.4) is 0 Å². The summed E-state index contributed by atoms with van der Waals surface area (Å²) in [4.78, 5) is 12.6. The average Bonchev–Trinajstić information content (AvgIpc) is 2.14. The van der Waals surface area contributed by atoms with Crippen molar-refractivity contribution in [1.29, 1.82) is 0 Å². The van der Waals surface area contributed by atoms with E-state index in [1.165, 1.54) is 6.92 Å². The minimum absolute atomic E-state index is 0.237. The van der Waals surface area contributed by atoms with Crippen LogP contribution in [0.25, 0.3) is 0 Å². The molecular formula is C9H17NO2S2. The van der Waals surface area contributed by atoms with Crippen LogP contribution in [-0.2, 0) is 9.53 Å². The van der Waals surface area contributed by atoms with Crippen LogP contribution >= 0.6 is 24.0 Å². The molecular weight excluding hydrogens is 218 g/mol. The lowest BCUT2D eigenvalue weighted by molar-refractivity contribution is -0.140. The van der Waals surface area contributed by atoms with Crippen LogP contribution in [-0.4, -0.2) is 40.6 Å². The molecule has 0 fully saturated rings. The zero-order valence-electron chi connectivity index (χ0n) is 8.91. The van der Waals surface area contributed by atoms with Crippen LogP contribution < -0.4 is 0 Å². The number of hydrogen-bond donors (Lipinski definition) is 0. The van der Waals surface area contributed by atoms with Gasteiger partial charge in [-0.25, -0.2) is 0 Å². The highest BCUT2D eigenvalue weighted by molar-refractivity contribution is 8.22. The van der Waals surface area contributed by atoms with Gasteiger partial charge < -0.3 is 9.64 Å². The number of nitrogens with zero attached hydrogens (tertiary/aromatic N) is 1. The minimum atomic E-state index is -0.237. The third-order valence-electron chi connectivity index (χ3n) is 1.64. The van der Waals surface area contributed by atoms with E-state index in [0.717, 1.165) is 23.2 Å². The molecule has 0 N–H and O–H groups in total. The Kier molecular flexibility index (Phi) is 7.89. The van der Waals surface area contributed by atoms with E-state index in [2.05, 4.69) is 18.7 Å². The highest BCUT2D eigenvalue weighted by Crippen LogP contribution is 2.08. The minimum Gasteiger partial charge on any atom is -0.465 e. The van der Waals surface area contributed by atoms with E-state index in [1.54, 1.807) is 11.8 Å². The Hall–Kier alpha value is -0.290. The number of ether oxygens (including phenoxy) is 1. The third-order valence-corrected chi connectivity index (χ3v) is 3.12. The van der Waals surface area contributed by atoms with E-state index in [0.29, 0.717) is 6.61 Å². The zero-order valence-corrected chi connectivity index (χ0v) is 10.5. The Balaban J connectivity index is 3.57. The molecule has 0 aromatic rings. The number of carbonyl (C=O) groups is 1. The van der Waals surface area contributed by atoms with Gasteiger partial charge in [0.1, 0.15) is 10.9 Å². The first kappa shape index (κ1) is 13.7. The van der Waals surface area contributed by atoms with Gasteiger partial charge in [0.2, 0.25) is 0 Å². The number of rotatable bonds is 5. The standard InChI is InChI=1S/C9H17NO2S2/c1-4-10(5-2)9(13)14-7-6-12-8(3)11/h4-7H2,1-3H3. The molecule has 0 aromatic heterocycles. The fraction of sp³-hybridized carbons (Fsp3) is 0.778. The topological polar surface area (TPSA) is 29.5 Å². The number of carbonyl (C=O) groups excluding carboxylic acids is 1. The fourth-order valence-electron chi connectivity index (χ4n) is 0.887. The summed E-state index contributed by atoms with van der Waals surface area (Å²) < 4.78 is 5.68. The van der Waals surface area contributed by atoms with Gasteiger partial charge in [0.05, 0.1) is 0 Å². The Morgan fingerprint density at radius 3 is 2.43 bits per heavy atom. The van der Waals surface area contributed by atoms with E-state index in [4.69, 9.17) is 17.0 Å². The number of thiocarbonyl (C=S) groups is 1. The highest BCUT2D eigenvalue weighted by Gasteiger charge is 2.05. The van der Waals surface area contributed by atoms with Crippen LogP contribution in [0.1, 0.15) is 20.8 Å². The largest absolute Gasteiger partial charge is 0.465 e. The summed E-state index contributed by atoms with van der Waals surface area (Å²) in [6.07, 6.45) is 0. The summed E-state index contributed by atoms with van der Waals surface area (Å²) >= 11 is 6.76. The molecule has 0 bridgehead atoms. The second-order valence-corrected chi connectivity index (χ2v) is 4.36. The summed E-state index contributed by atoms with van der Waals surface area (Å²) in [6.45, 7) is 7.84. The maximum atomic E-state index is 10.5. The van der Waals surface area contributed by atoms with Crippen molar-refractivity contribution >= 4 is 34.3 Å². The second-order valence-electron chi connectivity index (χ2n) is 2.63. The van der Waals surface area contributed by atoms with Crippen LogP contribution in [0.15, 0.2) is 0 Å². The molecule has 0 aliphatic carbocycles. The zero-order chi connectivity index (χ0) is 11.0. The number of hydrogen-bond acceptors (Lipinski definition) is 4. The predicted octanol–water partition coefficient (Wildman–Crippen LogP) is 1.91. The Morgan fingerprint density at radius 2 is 2.00 bits per heavy atom. The molecule has 0 atom stereocenters. The average molecular weight is 235 g/mol. The molecule has 14 heavy (non-hydrogen) atoms. The van der Waals surface area contributed by atoms with Crippen LogP contribution in [0.4, 0.5) is 0 Å². The van der Waals surface area contributed by atoms with Crippen molar-refractivity contribution in [2.45, 2.75) is 20.8 Å². The first-order valence-corrected chi connectivity index (χ1v) is 6.06. The summed E-state index contributed by atoms with van der Waals surface area (Å²) in [6, 6.07) is 0. The molecule has 0 amide bonds. The van der Waals surface area contributed by atoms with E-state index in [1.807, 2.05) is 0 Å². The molecule has 0 rings (SSSR count). The van der Waals surface area contributed by atoms with Gasteiger partial charge in [-0.15, -0.1) is 0 Å². The monoisotopic (exact) mass is 235 g/mol. The molecule has 0 aliphatic heterocycles. The van der Waals surface area contributed by atoms with Crippen LogP contribution in [0.5, 0.6) is 0 Å². The first-order chi connectivity index (χ1) is 6.61. The van der Waals surface area contributed by atoms with Gasteiger partial charge in [-0.3, -0.25) is 4.79 Å². The van der Waals surface area contributed by atoms with Crippen molar-refractivity contribution in [1.82, 2.24) is 4.90 Å². The second kappa shape index (κ2) is 8.05. The maximum Gasteiger partial charge on any atom is 0.302 e. The SMILES string of the molecule is CCN(CC)C(=S)SCCOC(C)=O. The van der Waals surface area contributed by atoms with Crippen LogP contribution in [0, 0.1) is 0 Å². The quantitative estimate of drug-likeness (QED) is 0.412. The van der Waals surface area contributed by atoms with Crippen molar-refractivity contribution in [3.8, 4) is 0 Å². The lowest BCUT2D eigenvalue weighted by Gasteiger charge is -2.20. The van der Waals surface area contributed by atoms with Crippen molar-refractivity contribution in [3.05, 3.63) is 0 Å². The molecule has 0 aliphatic rings. The summed E-state index contributed by atoms with van der Waals surface area (Å²) in [5.74, 6) is 0.494. The Bertz CT molecular complexity index is 193. The summed E-state index contributed by atoms with van der Waals surface area (Å²) in [5, 5.41) is 0. The molecule has 0 unspecified atom stereocenters. The lowest BCUT2D eigenvalue weighted by atomic mass is 10.6. The highest BCUT2D eigenvalue weighted by atomic mass is 32.2. The molecule has 0 spiro atoms. The molecule has 0 saturated carbocycles. The van der Waals surface area contributed by atoms with Gasteiger partial charge in [-0.2, -0.15) is 0 Å². The van der Waals surface area contributed by atoms with Gasteiger partial charge in [0.15, 0.2) is 0 Å². The van der Waals surface area contributed by atoms with E-state index < -0.39 is 0 Å².